The number of carboxylic acid groups (broad SMARTS) is 1. The Morgan fingerprint density at radius 2 is 1.82 bits per heavy atom. The number of benzene rings is 1. The number of hydrogen-bond acceptors (Lipinski definition) is 6. The van der Waals surface area contributed by atoms with E-state index in [1.807, 2.05) is 17.0 Å². The Morgan fingerprint density at radius 3 is 2.47 bits per heavy atom. The van der Waals surface area contributed by atoms with E-state index in [1.165, 1.54) is 51.5 Å². The van der Waals surface area contributed by atoms with Crippen LogP contribution in [0, 0.1) is 0 Å². The predicted octanol–water partition coefficient (Wildman–Crippen LogP) is 5.48. The summed E-state index contributed by atoms with van der Waals surface area (Å²) >= 11 is 1.43. The van der Waals surface area contributed by atoms with Crippen molar-refractivity contribution >= 4 is 34.9 Å². The molecule has 3 aliphatic rings. The van der Waals surface area contributed by atoms with Crippen LogP contribution in [0.1, 0.15) is 76.7 Å². The van der Waals surface area contributed by atoms with Gasteiger partial charge < -0.3 is 14.6 Å². The van der Waals surface area contributed by atoms with Crippen molar-refractivity contribution in [3.8, 4) is 11.5 Å². The van der Waals surface area contributed by atoms with Gasteiger partial charge in [0.05, 0.1) is 18.1 Å². The smallest absolute Gasteiger partial charge is 0.344 e. The largest absolute Gasteiger partial charge is 0.493 e. The van der Waals surface area contributed by atoms with Crippen molar-refractivity contribution in [1.29, 1.82) is 0 Å². The molecule has 4 rings (SSSR count). The molecule has 0 bridgehead atoms. The third-order valence-electron chi connectivity index (χ3n) is 6.80. The summed E-state index contributed by atoms with van der Waals surface area (Å²) < 4.78 is 11.2. The first-order chi connectivity index (χ1) is 16.5. The summed E-state index contributed by atoms with van der Waals surface area (Å²) in [4.78, 5) is 32.6. The number of aliphatic imine (C=N–C) groups is 1. The topological polar surface area (TPSA) is 88.4 Å². The van der Waals surface area contributed by atoms with E-state index in [9.17, 15) is 14.7 Å². The van der Waals surface area contributed by atoms with Crippen LogP contribution in [-0.2, 0) is 9.59 Å². The molecule has 1 aliphatic heterocycles. The molecule has 0 aromatic heterocycles. The zero-order chi connectivity index (χ0) is 24.1. The number of thioether (sulfide) groups is 1. The van der Waals surface area contributed by atoms with Crippen molar-refractivity contribution in [2.24, 2.45) is 4.99 Å². The fraction of sp³-hybridized carbons (Fsp3) is 0.577. The van der Waals surface area contributed by atoms with Gasteiger partial charge in [-0.1, -0.05) is 50.7 Å². The number of para-hydroxylation sites is 1. The van der Waals surface area contributed by atoms with Crippen molar-refractivity contribution in [3.63, 3.8) is 0 Å². The molecule has 0 radical (unpaired) electrons. The Hall–Kier alpha value is -2.48. The number of aliphatic carboxylic acids is 1. The summed E-state index contributed by atoms with van der Waals surface area (Å²) in [6, 6.07) is 5.81. The molecule has 0 spiro atoms. The lowest BCUT2D eigenvalue weighted by molar-refractivity contribution is -0.144. The van der Waals surface area contributed by atoms with E-state index in [2.05, 4.69) is 0 Å². The number of hydrogen-bond donors (Lipinski definition) is 1. The van der Waals surface area contributed by atoms with Crippen LogP contribution in [0.25, 0.3) is 6.08 Å². The van der Waals surface area contributed by atoms with Gasteiger partial charge in [0.15, 0.2) is 22.8 Å². The molecule has 1 heterocycles. The first-order valence-corrected chi connectivity index (χ1v) is 13.2. The molecule has 1 N–H and O–H groups in total. The molecule has 8 heteroatoms. The number of amidine groups is 1. The lowest BCUT2D eigenvalue weighted by Crippen LogP contribution is -2.41. The summed E-state index contributed by atoms with van der Waals surface area (Å²) in [5.41, 5.74) is 0.616. The van der Waals surface area contributed by atoms with Gasteiger partial charge in [-0.3, -0.25) is 14.7 Å². The van der Waals surface area contributed by atoms with Gasteiger partial charge in [-0.25, -0.2) is 4.79 Å². The van der Waals surface area contributed by atoms with Crippen LogP contribution in [0.15, 0.2) is 28.1 Å². The van der Waals surface area contributed by atoms with Crippen molar-refractivity contribution in [3.05, 3.63) is 28.7 Å². The third-order valence-corrected chi connectivity index (χ3v) is 7.80. The Labute approximate surface area is 205 Å². The zero-order valence-corrected chi connectivity index (χ0v) is 20.8. The summed E-state index contributed by atoms with van der Waals surface area (Å²) in [6.07, 6.45) is 12.0. The molecule has 3 fully saturated rings. The van der Waals surface area contributed by atoms with Crippen molar-refractivity contribution in [1.82, 2.24) is 4.90 Å². The first kappa shape index (κ1) is 24.6. The molecule has 2 aliphatic carbocycles. The highest BCUT2D eigenvalue weighted by Crippen LogP contribution is 2.41. The fourth-order valence-electron chi connectivity index (χ4n) is 4.91. The van der Waals surface area contributed by atoms with Crippen LogP contribution in [0.2, 0.25) is 0 Å². The van der Waals surface area contributed by atoms with Crippen molar-refractivity contribution < 1.29 is 24.2 Å². The summed E-state index contributed by atoms with van der Waals surface area (Å²) in [5.74, 6) is -0.339. The van der Waals surface area contributed by atoms with Gasteiger partial charge in [0.1, 0.15) is 0 Å². The quantitative estimate of drug-likeness (QED) is 0.513. The SMILES string of the molecule is COc1cccc(/C=C2\SC(=NC3CCCCC3)N(C3CCCCC3)C2=O)c1O[C@@H](C)C(=O)O. The fourth-order valence-corrected chi connectivity index (χ4v) is 6.01. The summed E-state index contributed by atoms with van der Waals surface area (Å²) in [5, 5.41) is 10.2. The van der Waals surface area contributed by atoms with Crippen LogP contribution in [0.5, 0.6) is 11.5 Å². The van der Waals surface area contributed by atoms with Crippen molar-refractivity contribution in [2.45, 2.75) is 89.3 Å². The third kappa shape index (κ3) is 5.59. The van der Waals surface area contributed by atoms with E-state index in [-0.39, 0.29) is 18.0 Å². The molecule has 34 heavy (non-hydrogen) atoms. The average Bonchev–Trinajstić information content (AvgIpc) is 3.15. The highest BCUT2D eigenvalue weighted by Gasteiger charge is 2.39. The van der Waals surface area contributed by atoms with Gasteiger partial charge in [-0.2, -0.15) is 0 Å². The maximum Gasteiger partial charge on any atom is 0.344 e. The minimum absolute atomic E-state index is 0.0217. The van der Waals surface area contributed by atoms with E-state index in [0.717, 1.165) is 43.7 Å². The number of ether oxygens (including phenoxy) is 2. The zero-order valence-electron chi connectivity index (χ0n) is 20.0. The number of nitrogens with zero attached hydrogens (tertiary/aromatic N) is 2. The standard InChI is InChI=1S/C26H34N2O5S/c1-17(25(30)31)33-23-18(10-9-15-21(23)32-2)16-22-24(29)28(20-13-7-4-8-14-20)26(34-22)27-19-11-5-3-6-12-19/h9-10,15-17,19-20H,3-8,11-14H2,1-2H3,(H,30,31)/b22-16-,27-26?/t17-/m0/s1. The number of carbonyl (C=O) groups is 2. The lowest BCUT2D eigenvalue weighted by Gasteiger charge is -2.31. The predicted molar refractivity (Wildman–Crippen MR) is 134 cm³/mol. The van der Waals surface area contributed by atoms with Crippen LogP contribution in [0.3, 0.4) is 0 Å². The van der Waals surface area contributed by atoms with Gasteiger partial charge in [-0.15, -0.1) is 0 Å². The molecule has 0 unspecified atom stereocenters. The van der Waals surface area contributed by atoms with Gasteiger partial charge in [0.25, 0.3) is 5.91 Å². The summed E-state index contributed by atoms with van der Waals surface area (Å²) in [7, 11) is 1.51. The van der Waals surface area contributed by atoms with Crippen LogP contribution in [-0.4, -0.2) is 52.3 Å². The van der Waals surface area contributed by atoms with Crippen LogP contribution >= 0.6 is 11.8 Å². The molecule has 1 amide bonds. The van der Waals surface area contributed by atoms with E-state index < -0.39 is 12.1 Å². The molecular formula is C26H34N2O5S. The van der Waals surface area contributed by atoms with E-state index in [0.29, 0.717) is 22.0 Å². The second-order valence-electron chi connectivity index (χ2n) is 9.26. The van der Waals surface area contributed by atoms with Gasteiger partial charge in [-0.05, 0) is 56.5 Å². The van der Waals surface area contributed by atoms with Crippen molar-refractivity contribution in [2.75, 3.05) is 7.11 Å². The van der Waals surface area contributed by atoms with E-state index in [1.54, 1.807) is 12.1 Å². The Bertz CT molecular complexity index is 964. The number of amides is 1. The monoisotopic (exact) mass is 486 g/mol. The highest BCUT2D eigenvalue weighted by molar-refractivity contribution is 8.18. The Kier molecular flexibility index (Phi) is 8.19. The molecule has 1 atom stereocenters. The molecule has 1 saturated heterocycles. The van der Waals surface area contributed by atoms with Gasteiger partial charge in [0.2, 0.25) is 0 Å². The number of rotatable bonds is 7. The van der Waals surface area contributed by atoms with Gasteiger partial charge in [0, 0.05) is 11.6 Å². The first-order valence-electron chi connectivity index (χ1n) is 12.3. The molecule has 1 aromatic rings. The van der Waals surface area contributed by atoms with E-state index in [4.69, 9.17) is 14.5 Å². The molecule has 1 aromatic carbocycles. The molecule has 2 saturated carbocycles. The summed E-state index contributed by atoms with van der Waals surface area (Å²) in [6.45, 7) is 1.47. The van der Waals surface area contributed by atoms with Gasteiger partial charge >= 0.3 is 5.97 Å². The van der Waals surface area contributed by atoms with E-state index >= 15 is 0 Å². The highest BCUT2D eigenvalue weighted by atomic mass is 32.2. The number of methoxy groups -OCH3 is 1. The minimum atomic E-state index is -1.07. The molecule has 184 valence electrons. The second-order valence-corrected chi connectivity index (χ2v) is 10.3. The molecule has 7 nitrogen and oxygen atoms in total. The maximum absolute atomic E-state index is 13.6. The second kappa shape index (κ2) is 11.3. The molecular weight excluding hydrogens is 452 g/mol. The Balaban J connectivity index is 1.68. The van der Waals surface area contributed by atoms with Crippen LogP contribution < -0.4 is 9.47 Å². The maximum atomic E-state index is 13.6. The lowest BCUT2D eigenvalue weighted by atomic mass is 9.94. The number of carbonyl (C=O) groups excluding carboxylic acids is 1. The average molecular weight is 487 g/mol. The number of carboxylic acids is 1. The van der Waals surface area contributed by atoms with Crippen LogP contribution in [0.4, 0.5) is 0 Å². The Morgan fingerprint density at radius 1 is 1.15 bits per heavy atom. The minimum Gasteiger partial charge on any atom is -0.493 e. The normalized spacial score (nSPS) is 23.5.